The van der Waals surface area contributed by atoms with Gasteiger partial charge in [-0.3, -0.25) is 9.59 Å². The van der Waals surface area contributed by atoms with Crippen LogP contribution in [0.25, 0.3) is 5.69 Å². The van der Waals surface area contributed by atoms with Gasteiger partial charge in [-0.1, -0.05) is 36.4 Å². The molecule has 3 aromatic carbocycles. The molecule has 2 amide bonds. The van der Waals surface area contributed by atoms with Gasteiger partial charge in [-0.05, 0) is 66.2 Å². The van der Waals surface area contributed by atoms with E-state index in [0.717, 1.165) is 16.9 Å². The van der Waals surface area contributed by atoms with Gasteiger partial charge >= 0.3 is 0 Å². The van der Waals surface area contributed by atoms with Gasteiger partial charge in [0, 0.05) is 11.4 Å². The van der Waals surface area contributed by atoms with E-state index in [4.69, 9.17) is 0 Å². The molecule has 9 heteroatoms. The van der Waals surface area contributed by atoms with Crippen LogP contribution in [0.2, 0.25) is 0 Å². The summed E-state index contributed by atoms with van der Waals surface area (Å²) >= 11 is 0. The first-order chi connectivity index (χ1) is 16.0. The second-order valence-electron chi connectivity index (χ2n) is 7.41. The molecule has 0 atom stereocenters. The predicted molar refractivity (Wildman–Crippen MR) is 127 cm³/mol. The van der Waals surface area contributed by atoms with Gasteiger partial charge in [0.1, 0.15) is 0 Å². The van der Waals surface area contributed by atoms with Crippen molar-refractivity contribution < 1.29 is 9.59 Å². The van der Waals surface area contributed by atoms with Crippen molar-refractivity contribution >= 4 is 28.9 Å². The van der Waals surface area contributed by atoms with Gasteiger partial charge in [0.2, 0.25) is 5.91 Å². The molecule has 0 bridgehead atoms. The van der Waals surface area contributed by atoms with E-state index >= 15 is 0 Å². The molecule has 0 spiro atoms. The van der Waals surface area contributed by atoms with Crippen LogP contribution in [0.15, 0.2) is 72.8 Å². The van der Waals surface area contributed by atoms with Crippen molar-refractivity contribution in [1.82, 2.24) is 20.2 Å². The van der Waals surface area contributed by atoms with E-state index in [-0.39, 0.29) is 18.4 Å². The summed E-state index contributed by atoms with van der Waals surface area (Å²) < 4.78 is 1.64. The van der Waals surface area contributed by atoms with Crippen molar-refractivity contribution in [2.45, 2.75) is 13.8 Å². The Hall–Kier alpha value is -4.53. The highest BCUT2D eigenvalue weighted by Crippen LogP contribution is 2.20. The summed E-state index contributed by atoms with van der Waals surface area (Å²) in [5.41, 5.74) is 4.06. The van der Waals surface area contributed by atoms with E-state index in [9.17, 15) is 9.59 Å². The maximum Gasteiger partial charge on any atom is 0.257 e. The number of aryl methyl sites for hydroxylation is 2. The smallest absolute Gasteiger partial charge is 0.257 e. The fraction of sp³-hybridized carbons (Fsp3) is 0.125. The zero-order chi connectivity index (χ0) is 23.2. The van der Waals surface area contributed by atoms with Crippen LogP contribution in [0.4, 0.5) is 17.1 Å². The van der Waals surface area contributed by atoms with Crippen molar-refractivity contribution in [3.05, 3.63) is 89.7 Å². The van der Waals surface area contributed by atoms with Crippen molar-refractivity contribution in [1.29, 1.82) is 0 Å². The van der Waals surface area contributed by atoms with Crippen molar-refractivity contribution in [3.8, 4) is 5.69 Å². The standard InChI is InChI=1S/C24H23N7O2/c1-16-12-13-19(14-22(16)31-17(2)28-29-30-31)25-15-23(32)27-21-11-7-6-10-20(21)24(33)26-18-8-4-3-5-9-18/h3-14,25H,15H2,1-2H3,(H,26,33)(H,27,32). The van der Waals surface area contributed by atoms with Gasteiger partial charge in [-0.25, -0.2) is 0 Å². The number of para-hydroxylation sites is 2. The molecule has 0 aliphatic heterocycles. The molecule has 4 rings (SSSR count). The quantitative estimate of drug-likeness (QED) is 0.404. The first-order valence-electron chi connectivity index (χ1n) is 10.4. The third-order valence-electron chi connectivity index (χ3n) is 4.99. The Bertz CT molecular complexity index is 1280. The molecule has 166 valence electrons. The number of nitrogens with zero attached hydrogens (tertiary/aromatic N) is 4. The average molecular weight is 441 g/mol. The average Bonchev–Trinajstić information content (AvgIpc) is 3.25. The summed E-state index contributed by atoms with van der Waals surface area (Å²) in [6.45, 7) is 3.80. The number of nitrogens with one attached hydrogen (secondary N) is 3. The number of carbonyl (C=O) groups excluding carboxylic acids is 2. The molecular weight excluding hydrogens is 418 g/mol. The Morgan fingerprint density at radius 1 is 0.879 bits per heavy atom. The number of aromatic nitrogens is 4. The number of hydrogen-bond donors (Lipinski definition) is 3. The van der Waals surface area contributed by atoms with Gasteiger partial charge in [-0.15, -0.1) is 5.10 Å². The second-order valence-corrected chi connectivity index (χ2v) is 7.41. The van der Waals surface area contributed by atoms with Gasteiger partial charge in [-0.2, -0.15) is 4.68 Å². The molecule has 0 aliphatic rings. The van der Waals surface area contributed by atoms with Crippen molar-refractivity contribution in [3.63, 3.8) is 0 Å². The summed E-state index contributed by atoms with van der Waals surface area (Å²) in [5.74, 6) is 0.0825. The van der Waals surface area contributed by atoms with E-state index in [1.54, 1.807) is 41.1 Å². The largest absolute Gasteiger partial charge is 0.376 e. The van der Waals surface area contributed by atoms with Crippen LogP contribution in [0.3, 0.4) is 0 Å². The van der Waals surface area contributed by atoms with Crippen molar-refractivity contribution in [2.75, 3.05) is 22.5 Å². The Labute approximate surface area is 190 Å². The number of anilines is 3. The molecule has 0 unspecified atom stereocenters. The van der Waals surface area contributed by atoms with Crippen LogP contribution < -0.4 is 16.0 Å². The first kappa shape index (κ1) is 21.7. The third-order valence-corrected chi connectivity index (χ3v) is 4.99. The number of carbonyl (C=O) groups is 2. The Balaban J connectivity index is 1.42. The summed E-state index contributed by atoms with van der Waals surface area (Å²) in [6, 6.07) is 21.7. The summed E-state index contributed by atoms with van der Waals surface area (Å²) in [5, 5.41) is 20.4. The van der Waals surface area contributed by atoms with E-state index < -0.39 is 0 Å². The minimum absolute atomic E-state index is 0.0196. The molecule has 9 nitrogen and oxygen atoms in total. The Kier molecular flexibility index (Phi) is 6.40. The molecular formula is C24H23N7O2. The molecule has 3 N–H and O–H groups in total. The number of tetrazole rings is 1. The highest BCUT2D eigenvalue weighted by Gasteiger charge is 2.14. The fourth-order valence-corrected chi connectivity index (χ4v) is 3.29. The highest BCUT2D eigenvalue weighted by atomic mass is 16.2. The predicted octanol–water partition coefficient (Wildman–Crippen LogP) is 3.58. The highest BCUT2D eigenvalue weighted by molar-refractivity contribution is 6.10. The number of rotatable bonds is 7. The van der Waals surface area contributed by atoms with Gasteiger partial charge in [0.25, 0.3) is 5.91 Å². The molecule has 4 aromatic rings. The minimum Gasteiger partial charge on any atom is -0.376 e. The maximum atomic E-state index is 12.7. The SMILES string of the molecule is Cc1ccc(NCC(=O)Nc2ccccc2C(=O)Nc2ccccc2)cc1-n1nnnc1C. The maximum absolute atomic E-state index is 12.7. The molecule has 1 heterocycles. The van der Waals surface area contributed by atoms with E-state index in [0.29, 0.717) is 22.8 Å². The minimum atomic E-state index is -0.301. The molecule has 33 heavy (non-hydrogen) atoms. The van der Waals surface area contributed by atoms with Gasteiger partial charge in [0.15, 0.2) is 5.82 Å². The number of hydrogen-bond acceptors (Lipinski definition) is 6. The Morgan fingerprint density at radius 2 is 1.64 bits per heavy atom. The normalized spacial score (nSPS) is 10.5. The van der Waals surface area contributed by atoms with E-state index in [1.165, 1.54) is 0 Å². The van der Waals surface area contributed by atoms with Crippen LogP contribution in [0.5, 0.6) is 0 Å². The van der Waals surface area contributed by atoms with Crippen LogP contribution in [-0.2, 0) is 4.79 Å². The lowest BCUT2D eigenvalue weighted by atomic mass is 10.1. The van der Waals surface area contributed by atoms with Crippen molar-refractivity contribution in [2.24, 2.45) is 0 Å². The summed E-state index contributed by atoms with van der Waals surface area (Å²) in [7, 11) is 0. The topological polar surface area (TPSA) is 114 Å². The Morgan fingerprint density at radius 3 is 2.39 bits per heavy atom. The van der Waals surface area contributed by atoms with Crippen LogP contribution in [0, 0.1) is 13.8 Å². The van der Waals surface area contributed by atoms with E-state index in [1.807, 2.05) is 50.2 Å². The molecule has 0 fully saturated rings. The van der Waals surface area contributed by atoms with Gasteiger partial charge in [0.05, 0.1) is 23.5 Å². The lowest BCUT2D eigenvalue weighted by Crippen LogP contribution is -2.24. The fourth-order valence-electron chi connectivity index (χ4n) is 3.29. The van der Waals surface area contributed by atoms with Crippen LogP contribution in [0.1, 0.15) is 21.7 Å². The molecule has 0 saturated carbocycles. The first-order valence-corrected chi connectivity index (χ1v) is 10.4. The monoisotopic (exact) mass is 441 g/mol. The second kappa shape index (κ2) is 9.73. The lowest BCUT2D eigenvalue weighted by Gasteiger charge is -2.13. The summed E-state index contributed by atoms with van der Waals surface area (Å²) in [6.07, 6.45) is 0. The zero-order valence-electron chi connectivity index (χ0n) is 18.2. The number of amides is 2. The van der Waals surface area contributed by atoms with E-state index in [2.05, 4.69) is 31.5 Å². The molecule has 0 aliphatic carbocycles. The van der Waals surface area contributed by atoms with Crippen LogP contribution >= 0.6 is 0 Å². The lowest BCUT2D eigenvalue weighted by molar-refractivity contribution is -0.114. The summed E-state index contributed by atoms with van der Waals surface area (Å²) in [4.78, 5) is 25.3. The molecule has 0 radical (unpaired) electrons. The van der Waals surface area contributed by atoms with Gasteiger partial charge < -0.3 is 16.0 Å². The third kappa shape index (κ3) is 5.21. The number of benzene rings is 3. The van der Waals surface area contributed by atoms with Crippen LogP contribution in [-0.4, -0.2) is 38.6 Å². The zero-order valence-corrected chi connectivity index (χ0v) is 18.2. The molecule has 0 saturated heterocycles. The molecule has 1 aromatic heterocycles.